The van der Waals surface area contributed by atoms with Gasteiger partial charge in [-0.2, -0.15) is 0 Å². The lowest BCUT2D eigenvalue weighted by molar-refractivity contribution is 0.0838. The van der Waals surface area contributed by atoms with E-state index in [0.29, 0.717) is 6.42 Å². The van der Waals surface area contributed by atoms with Crippen molar-refractivity contribution in [3.05, 3.63) is 0 Å². The van der Waals surface area contributed by atoms with E-state index in [4.69, 9.17) is 23.2 Å². The van der Waals surface area contributed by atoms with Crippen molar-refractivity contribution in [3.63, 3.8) is 0 Å². The van der Waals surface area contributed by atoms with E-state index in [2.05, 4.69) is 0 Å². The lowest BCUT2D eigenvalue weighted by Gasteiger charge is -2.19. The molecule has 1 N–H and O–H groups in total. The molecule has 0 unspecified atom stereocenters. The summed E-state index contributed by atoms with van der Waals surface area (Å²) in [6, 6.07) is 0. The van der Waals surface area contributed by atoms with Gasteiger partial charge in [-0.05, 0) is 6.42 Å². The molecule has 0 rings (SSSR count). The first kappa shape index (κ1) is 8.54. The van der Waals surface area contributed by atoms with E-state index < -0.39 is 5.60 Å². The van der Waals surface area contributed by atoms with Gasteiger partial charge in [-0.1, -0.05) is 6.92 Å². The summed E-state index contributed by atoms with van der Waals surface area (Å²) in [6.07, 6.45) is 0.611. The predicted octanol–water partition coefficient (Wildman–Crippen LogP) is 1.61. The van der Waals surface area contributed by atoms with E-state index in [1.165, 1.54) is 0 Å². The van der Waals surface area contributed by atoms with Crippen LogP contribution in [0.25, 0.3) is 0 Å². The van der Waals surface area contributed by atoms with Gasteiger partial charge in [0.1, 0.15) is 0 Å². The second kappa shape index (κ2) is 3.54. The van der Waals surface area contributed by atoms with Crippen molar-refractivity contribution < 1.29 is 5.11 Å². The molecule has 0 aliphatic heterocycles. The molecule has 0 aliphatic rings. The van der Waals surface area contributed by atoms with Crippen molar-refractivity contribution in [1.29, 1.82) is 0 Å². The quantitative estimate of drug-likeness (QED) is 0.617. The number of halogens is 2. The van der Waals surface area contributed by atoms with E-state index in [-0.39, 0.29) is 11.8 Å². The summed E-state index contributed by atoms with van der Waals surface area (Å²) in [5.41, 5.74) is -0.844. The Balaban J connectivity index is 3.58. The first-order valence-corrected chi connectivity index (χ1v) is 3.59. The fourth-order valence-electron chi connectivity index (χ4n) is 0.225. The Kier molecular flexibility index (Phi) is 3.78. The Bertz CT molecular complexity index is 53.2. The van der Waals surface area contributed by atoms with E-state index >= 15 is 0 Å². The van der Waals surface area contributed by atoms with Crippen molar-refractivity contribution in [2.24, 2.45) is 0 Å². The van der Waals surface area contributed by atoms with Crippen molar-refractivity contribution in [2.75, 3.05) is 11.8 Å². The Hall–Kier alpha value is 0.540. The molecule has 0 amide bonds. The zero-order valence-electron chi connectivity index (χ0n) is 4.82. The monoisotopic (exact) mass is 156 g/mol. The van der Waals surface area contributed by atoms with Gasteiger partial charge in [0.15, 0.2) is 0 Å². The Morgan fingerprint density at radius 2 is 1.75 bits per heavy atom. The number of aliphatic hydroxyl groups is 1. The van der Waals surface area contributed by atoms with E-state index in [1.807, 2.05) is 6.92 Å². The molecular formula is C5H10Cl2O. The third-order valence-corrected chi connectivity index (χ3v) is 2.15. The molecule has 0 spiro atoms. The average molecular weight is 157 g/mol. The highest BCUT2D eigenvalue weighted by molar-refractivity contribution is 6.21. The lowest BCUT2D eigenvalue weighted by atomic mass is 10.1. The molecule has 0 bridgehead atoms. The van der Waals surface area contributed by atoms with Gasteiger partial charge in [0.05, 0.1) is 17.4 Å². The Morgan fingerprint density at radius 3 is 1.75 bits per heavy atom. The summed E-state index contributed by atoms with van der Waals surface area (Å²) in [5.74, 6) is 0.431. The highest BCUT2D eigenvalue weighted by Crippen LogP contribution is 2.12. The minimum Gasteiger partial charge on any atom is -0.387 e. The maximum Gasteiger partial charge on any atom is 0.0914 e. The van der Waals surface area contributed by atoms with Gasteiger partial charge in [-0.15, -0.1) is 23.2 Å². The van der Waals surface area contributed by atoms with Gasteiger partial charge in [-0.25, -0.2) is 0 Å². The molecule has 0 fully saturated rings. The molecular weight excluding hydrogens is 147 g/mol. The highest BCUT2D eigenvalue weighted by atomic mass is 35.5. The van der Waals surface area contributed by atoms with Gasteiger partial charge >= 0.3 is 0 Å². The summed E-state index contributed by atoms with van der Waals surface area (Å²) in [7, 11) is 0. The topological polar surface area (TPSA) is 20.2 Å². The Labute approximate surface area is 59.6 Å². The molecule has 0 heterocycles. The maximum absolute atomic E-state index is 9.17. The molecule has 1 nitrogen and oxygen atoms in total. The SMILES string of the molecule is CCC(O)(CCl)CCl. The van der Waals surface area contributed by atoms with Crippen LogP contribution in [0.5, 0.6) is 0 Å². The summed E-state index contributed by atoms with van der Waals surface area (Å²) in [4.78, 5) is 0. The van der Waals surface area contributed by atoms with Crippen LogP contribution < -0.4 is 0 Å². The largest absolute Gasteiger partial charge is 0.387 e. The molecule has 0 saturated carbocycles. The van der Waals surface area contributed by atoms with Crippen molar-refractivity contribution >= 4 is 23.2 Å². The summed E-state index contributed by atoms with van der Waals surface area (Å²) in [6.45, 7) is 1.85. The molecule has 0 saturated heterocycles. The van der Waals surface area contributed by atoms with Gasteiger partial charge in [-0.3, -0.25) is 0 Å². The van der Waals surface area contributed by atoms with Gasteiger partial charge in [0.25, 0.3) is 0 Å². The van der Waals surface area contributed by atoms with Crippen molar-refractivity contribution in [2.45, 2.75) is 18.9 Å². The fourth-order valence-corrected chi connectivity index (χ4v) is 0.888. The maximum atomic E-state index is 9.17. The van der Waals surface area contributed by atoms with Gasteiger partial charge in [0.2, 0.25) is 0 Å². The normalized spacial score (nSPS) is 12.0. The number of hydrogen-bond acceptors (Lipinski definition) is 1. The van der Waals surface area contributed by atoms with E-state index in [0.717, 1.165) is 0 Å². The minimum atomic E-state index is -0.844. The molecule has 50 valence electrons. The smallest absolute Gasteiger partial charge is 0.0914 e. The lowest BCUT2D eigenvalue weighted by Crippen LogP contribution is -2.31. The number of hydrogen-bond donors (Lipinski definition) is 1. The summed E-state index contributed by atoms with van der Waals surface area (Å²) in [5, 5.41) is 9.17. The molecule has 3 heteroatoms. The second-order valence-corrected chi connectivity index (χ2v) is 2.38. The van der Waals surface area contributed by atoms with Crippen molar-refractivity contribution in [3.8, 4) is 0 Å². The van der Waals surface area contributed by atoms with Crippen LogP contribution in [-0.4, -0.2) is 22.5 Å². The van der Waals surface area contributed by atoms with Gasteiger partial charge in [0, 0.05) is 0 Å². The third kappa shape index (κ3) is 2.21. The first-order chi connectivity index (χ1) is 3.68. The fraction of sp³-hybridized carbons (Fsp3) is 1.00. The molecule has 8 heavy (non-hydrogen) atoms. The zero-order chi connectivity index (χ0) is 6.62. The van der Waals surface area contributed by atoms with Gasteiger partial charge < -0.3 is 5.11 Å². The molecule has 0 atom stereocenters. The summed E-state index contributed by atoms with van der Waals surface area (Å²) < 4.78 is 0. The highest BCUT2D eigenvalue weighted by Gasteiger charge is 2.20. The first-order valence-electron chi connectivity index (χ1n) is 2.53. The van der Waals surface area contributed by atoms with Crippen LogP contribution in [0.15, 0.2) is 0 Å². The second-order valence-electron chi connectivity index (χ2n) is 1.85. The molecule has 0 aromatic carbocycles. The average Bonchev–Trinajstić information content (AvgIpc) is 1.87. The molecule has 0 radical (unpaired) electrons. The van der Waals surface area contributed by atoms with Crippen LogP contribution in [0.4, 0.5) is 0 Å². The van der Waals surface area contributed by atoms with Crippen LogP contribution in [0.1, 0.15) is 13.3 Å². The molecule has 0 aliphatic carbocycles. The molecule has 0 aromatic rings. The van der Waals surface area contributed by atoms with Crippen LogP contribution in [0.3, 0.4) is 0 Å². The van der Waals surface area contributed by atoms with Crippen LogP contribution in [0.2, 0.25) is 0 Å². The van der Waals surface area contributed by atoms with Crippen LogP contribution in [-0.2, 0) is 0 Å². The standard InChI is InChI=1S/C5H10Cl2O/c1-2-5(8,3-6)4-7/h8H,2-4H2,1H3. The Morgan fingerprint density at radius 1 is 1.38 bits per heavy atom. The van der Waals surface area contributed by atoms with E-state index in [9.17, 15) is 5.11 Å². The number of alkyl halides is 2. The van der Waals surface area contributed by atoms with Crippen LogP contribution >= 0.6 is 23.2 Å². The van der Waals surface area contributed by atoms with Crippen LogP contribution in [0, 0.1) is 0 Å². The van der Waals surface area contributed by atoms with E-state index in [1.54, 1.807) is 0 Å². The predicted molar refractivity (Wildman–Crippen MR) is 36.7 cm³/mol. The zero-order valence-corrected chi connectivity index (χ0v) is 6.34. The third-order valence-electron chi connectivity index (χ3n) is 1.16. The minimum absolute atomic E-state index is 0.215. The molecule has 0 aromatic heterocycles. The number of rotatable bonds is 3. The summed E-state index contributed by atoms with van der Waals surface area (Å²) >= 11 is 10.7. The van der Waals surface area contributed by atoms with Crippen molar-refractivity contribution in [1.82, 2.24) is 0 Å².